The fourth-order valence-electron chi connectivity index (χ4n) is 4.85. The first kappa shape index (κ1) is 23.8. The summed E-state index contributed by atoms with van der Waals surface area (Å²) in [7, 11) is 0. The van der Waals surface area contributed by atoms with E-state index in [1.165, 1.54) is 11.1 Å². The van der Waals surface area contributed by atoms with Gasteiger partial charge in [-0.05, 0) is 41.0 Å². The van der Waals surface area contributed by atoms with Crippen LogP contribution in [0, 0.1) is 11.8 Å². The minimum absolute atomic E-state index is 0.00638. The molecule has 4 rings (SSSR count). The first-order valence-corrected chi connectivity index (χ1v) is 12.1. The highest BCUT2D eigenvalue weighted by molar-refractivity contribution is 5.82. The molecule has 1 fully saturated rings. The number of ether oxygens (including phenoxy) is 1. The van der Waals surface area contributed by atoms with Crippen molar-refractivity contribution in [3.63, 3.8) is 0 Å². The van der Waals surface area contributed by atoms with E-state index in [-0.39, 0.29) is 42.7 Å². The Morgan fingerprint density at radius 2 is 1.71 bits per heavy atom. The van der Waals surface area contributed by atoms with Crippen molar-refractivity contribution < 1.29 is 24.2 Å². The molecule has 7 nitrogen and oxygen atoms in total. The van der Waals surface area contributed by atoms with E-state index in [1.807, 2.05) is 31.2 Å². The third-order valence-corrected chi connectivity index (χ3v) is 6.79. The number of fused-ring (bicyclic) bond motifs is 3. The van der Waals surface area contributed by atoms with Gasteiger partial charge in [0.05, 0.1) is 6.42 Å². The summed E-state index contributed by atoms with van der Waals surface area (Å²) in [5.41, 5.74) is 4.68. The zero-order chi connectivity index (χ0) is 24.1. The summed E-state index contributed by atoms with van der Waals surface area (Å²) >= 11 is 0. The van der Waals surface area contributed by atoms with E-state index in [4.69, 9.17) is 9.84 Å². The lowest BCUT2D eigenvalue weighted by Crippen LogP contribution is -2.38. The van der Waals surface area contributed by atoms with E-state index in [2.05, 4.69) is 34.9 Å². The smallest absolute Gasteiger partial charge is 0.407 e. The van der Waals surface area contributed by atoms with Crippen molar-refractivity contribution in [3.8, 4) is 11.1 Å². The van der Waals surface area contributed by atoms with Crippen LogP contribution in [-0.4, -0.2) is 42.3 Å². The van der Waals surface area contributed by atoms with E-state index >= 15 is 0 Å². The highest BCUT2D eigenvalue weighted by Crippen LogP contribution is 2.44. The van der Waals surface area contributed by atoms with Gasteiger partial charge >= 0.3 is 12.1 Å². The number of carboxylic acids is 1. The van der Waals surface area contributed by atoms with E-state index in [9.17, 15) is 14.4 Å². The molecule has 0 radical (unpaired) electrons. The third kappa shape index (κ3) is 5.58. The largest absolute Gasteiger partial charge is 0.481 e. The number of unbranched alkanes of at least 4 members (excludes halogenated alkanes) is 1. The van der Waals surface area contributed by atoms with Crippen LogP contribution in [0.1, 0.15) is 56.1 Å². The quantitative estimate of drug-likeness (QED) is 0.460. The fourth-order valence-corrected chi connectivity index (χ4v) is 4.85. The Morgan fingerprint density at radius 3 is 2.32 bits per heavy atom. The van der Waals surface area contributed by atoms with Crippen molar-refractivity contribution in [1.29, 1.82) is 0 Å². The summed E-state index contributed by atoms with van der Waals surface area (Å²) in [5, 5.41) is 14.7. The lowest BCUT2D eigenvalue weighted by atomic mass is 9.98. The summed E-state index contributed by atoms with van der Waals surface area (Å²) in [6.45, 7) is 2.65. The second-order valence-corrected chi connectivity index (χ2v) is 9.25. The fraction of sp³-hybridized carbons (Fsp3) is 0.444. The summed E-state index contributed by atoms with van der Waals surface area (Å²) in [6, 6.07) is 16.0. The summed E-state index contributed by atoms with van der Waals surface area (Å²) < 4.78 is 5.55. The SMILES string of the molecule is CCCC[C@@H](CC(=O)O)NC(=O)[C@@H]1C[C@@H]1CNC(=O)OCC1c2ccccc2-c2ccccc21. The minimum atomic E-state index is -0.911. The van der Waals surface area contributed by atoms with Gasteiger partial charge < -0.3 is 20.5 Å². The van der Waals surface area contributed by atoms with Crippen molar-refractivity contribution >= 4 is 18.0 Å². The molecule has 2 amide bonds. The Labute approximate surface area is 199 Å². The Morgan fingerprint density at radius 1 is 1.06 bits per heavy atom. The van der Waals surface area contributed by atoms with Crippen molar-refractivity contribution in [2.45, 2.75) is 51.0 Å². The number of nitrogens with one attached hydrogen (secondary N) is 2. The number of rotatable bonds is 11. The van der Waals surface area contributed by atoms with Gasteiger partial charge in [-0.15, -0.1) is 0 Å². The van der Waals surface area contributed by atoms with Gasteiger partial charge in [0.25, 0.3) is 0 Å². The Hall–Kier alpha value is -3.35. The standard InChI is InChI=1S/C27H32N2O5/c1-2-3-8-18(14-25(30)31)29-26(32)23-13-17(23)15-28-27(33)34-16-24-21-11-6-4-9-19(21)20-10-5-7-12-22(20)24/h4-7,9-12,17-18,23-24H,2-3,8,13-16H2,1H3,(H,28,33)(H,29,32)(H,30,31)/t17-,18+,23-/m1/s1. The van der Waals surface area contributed by atoms with E-state index in [1.54, 1.807) is 0 Å². The molecule has 0 heterocycles. The van der Waals surface area contributed by atoms with Gasteiger partial charge in [-0.3, -0.25) is 9.59 Å². The topological polar surface area (TPSA) is 105 Å². The molecule has 0 aliphatic heterocycles. The van der Waals surface area contributed by atoms with Crippen LogP contribution in [0.25, 0.3) is 11.1 Å². The maximum Gasteiger partial charge on any atom is 0.407 e. The molecule has 2 aromatic carbocycles. The van der Waals surface area contributed by atoms with E-state index in [0.717, 1.165) is 24.0 Å². The average molecular weight is 465 g/mol. The van der Waals surface area contributed by atoms with Crippen LogP contribution < -0.4 is 10.6 Å². The highest BCUT2D eigenvalue weighted by Gasteiger charge is 2.43. The molecule has 7 heteroatoms. The van der Waals surface area contributed by atoms with Gasteiger partial charge in [0.2, 0.25) is 5.91 Å². The second-order valence-electron chi connectivity index (χ2n) is 9.25. The molecule has 0 unspecified atom stereocenters. The van der Waals surface area contributed by atoms with Crippen LogP contribution in [0.4, 0.5) is 4.79 Å². The number of carbonyl (C=O) groups is 3. The van der Waals surface area contributed by atoms with Crippen molar-refractivity contribution in [1.82, 2.24) is 10.6 Å². The molecule has 180 valence electrons. The maximum absolute atomic E-state index is 12.5. The number of carbonyl (C=O) groups excluding carboxylic acids is 2. The lowest BCUT2D eigenvalue weighted by Gasteiger charge is -2.17. The number of amides is 2. The van der Waals surface area contributed by atoms with Crippen molar-refractivity contribution in [3.05, 3.63) is 59.7 Å². The van der Waals surface area contributed by atoms with Crippen LogP contribution in [0.5, 0.6) is 0 Å². The molecular formula is C27H32N2O5. The Balaban J connectivity index is 1.23. The number of aliphatic carboxylic acids is 1. The normalized spacial score (nSPS) is 19.0. The maximum atomic E-state index is 12.5. The molecule has 0 saturated heterocycles. The molecule has 2 aliphatic rings. The van der Waals surface area contributed by atoms with Gasteiger partial charge in [-0.25, -0.2) is 4.79 Å². The zero-order valence-corrected chi connectivity index (χ0v) is 19.5. The molecule has 0 spiro atoms. The predicted molar refractivity (Wildman–Crippen MR) is 128 cm³/mol. The van der Waals surface area contributed by atoms with Crippen molar-refractivity contribution in [2.75, 3.05) is 13.2 Å². The van der Waals surface area contributed by atoms with Gasteiger partial charge in [0, 0.05) is 24.4 Å². The molecule has 3 atom stereocenters. The summed E-state index contributed by atoms with van der Waals surface area (Å²) in [5.74, 6) is -1.16. The molecule has 0 bridgehead atoms. The number of alkyl carbamates (subject to hydrolysis) is 1. The van der Waals surface area contributed by atoms with E-state index in [0.29, 0.717) is 19.4 Å². The van der Waals surface area contributed by atoms with Crippen molar-refractivity contribution in [2.24, 2.45) is 11.8 Å². The van der Waals surface area contributed by atoms with Crippen LogP contribution in [0.2, 0.25) is 0 Å². The molecule has 0 aromatic heterocycles. The molecule has 3 N–H and O–H groups in total. The molecule has 2 aliphatic carbocycles. The summed E-state index contributed by atoms with van der Waals surface area (Å²) in [4.78, 5) is 35.9. The first-order chi connectivity index (χ1) is 16.5. The molecular weight excluding hydrogens is 432 g/mol. The number of carboxylic acid groups (broad SMARTS) is 1. The van der Waals surface area contributed by atoms with E-state index < -0.39 is 12.1 Å². The van der Waals surface area contributed by atoms with Gasteiger partial charge in [0.1, 0.15) is 6.61 Å². The summed E-state index contributed by atoms with van der Waals surface area (Å²) in [6.07, 6.45) is 2.60. The predicted octanol–water partition coefficient (Wildman–Crippen LogP) is 4.31. The minimum Gasteiger partial charge on any atom is -0.481 e. The molecule has 2 aromatic rings. The third-order valence-electron chi connectivity index (χ3n) is 6.79. The van der Waals surface area contributed by atoms with Gasteiger partial charge in [-0.2, -0.15) is 0 Å². The number of hydrogen-bond donors (Lipinski definition) is 3. The monoisotopic (exact) mass is 464 g/mol. The second kappa shape index (κ2) is 10.7. The molecule has 34 heavy (non-hydrogen) atoms. The van der Waals surface area contributed by atoms with Crippen LogP contribution in [0.15, 0.2) is 48.5 Å². The first-order valence-electron chi connectivity index (χ1n) is 12.1. The van der Waals surface area contributed by atoms with Crippen LogP contribution in [-0.2, 0) is 14.3 Å². The lowest BCUT2D eigenvalue weighted by molar-refractivity contribution is -0.137. The molecule has 1 saturated carbocycles. The number of hydrogen-bond acceptors (Lipinski definition) is 4. The van der Waals surface area contributed by atoms with Gasteiger partial charge in [-0.1, -0.05) is 68.3 Å². The highest BCUT2D eigenvalue weighted by atomic mass is 16.5. The van der Waals surface area contributed by atoms with Gasteiger partial charge in [0.15, 0.2) is 0 Å². The average Bonchev–Trinajstić information content (AvgIpc) is 3.55. The zero-order valence-electron chi connectivity index (χ0n) is 19.5. The Bertz CT molecular complexity index is 1010. The van der Waals surface area contributed by atoms with Crippen LogP contribution >= 0.6 is 0 Å². The Kier molecular flexibility index (Phi) is 7.50. The van der Waals surface area contributed by atoms with Crippen LogP contribution in [0.3, 0.4) is 0 Å². The number of benzene rings is 2.